The van der Waals surface area contributed by atoms with Gasteiger partial charge in [-0.2, -0.15) is 0 Å². The summed E-state index contributed by atoms with van der Waals surface area (Å²) in [6, 6.07) is 6.68. The minimum atomic E-state index is -0.00426. The Balaban J connectivity index is 2.14. The van der Waals surface area contributed by atoms with E-state index in [9.17, 15) is 0 Å². The zero-order valence-electron chi connectivity index (χ0n) is 18.5. The molecular formula is C24H32N4. The molecule has 2 aromatic heterocycles. The average Bonchev–Trinajstić information content (AvgIpc) is 3.01. The van der Waals surface area contributed by atoms with Crippen LogP contribution in [0.5, 0.6) is 0 Å². The van der Waals surface area contributed by atoms with E-state index < -0.39 is 0 Å². The summed E-state index contributed by atoms with van der Waals surface area (Å²) >= 11 is 0. The monoisotopic (exact) mass is 376 g/mol. The number of hydrogen-bond donors (Lipinski definition) is 0. The van der Waals surface area contributed by atoms with Crippen molar-refractivity contribution in [2.75, 3.05) is 0 Å². The molecule has 0 aliphatic carbocycles. The molecule has 3 aromatic rings. The van der Waals surface area contributed by atoms with E-state index in [-0.39, 0.29) is 10.8 Å². The Labute approximate surface area is 169 Å². The second-order valence-electron chi connectivity index (χ2n) is 10.0. The summed E-state index contributed by atoms with van der Waals surface area (Å²) in [6.07, 6.45) is 6.62. The number of hydrogen-bond acceptors (Lipinski definition) is 3. The third-order valence-electron chi connectivity index (χ3n) is 4.94. The second kappa shape index (κ2) is 7.16. The van der Waals surface area contributed by atoms with Crippen LogP contribution in [-0.4, -0.2) is 19.7 Å². The van der Waals surface area contributed by atoms with Crippen molar-refractivity contribution in [1.29, 1.82) is 0 Å². The molecule has 0 unspecified atom stereocenters. The fraction of sp³-hybridized carbons (Fsp3) is 0.458. The van der Waals surface area contributed by atoms with E-state index in [4.69, 9.17) is 0 Å². The van der Waals surface area contributed by atoms with Crippen molar-refractivity contribution in [3.63, 3.8) is 0 Å². The van der Waals surface area contributed by atoms with Gasteiger partial charge in [-0.05, 0) is 59.4 Å². The molecule has 2 heterocycles. The maximum atomic E-state index is 4.47. The SMILES string of the molecule is Cc1cc(CC(C)(C)C)cc(C)c1-n1cnnc1-c1cnccc1C(C)(C)C. The molecule has 3 rings (SSSR count). The maximum absolute atomic E-state index is 4.47. The van der Waals surface area contributed by atoms with E-state index in [0.29, 0.717) is 0 Å². The van der Waals surface area contributed by atoms with Gasteiger partial charge in [0.25, 0.3) is 0 Å². The molecule has 0 atom stereocenters. The van der Waals surface area contributed by atoms with E-state index in [1.165, 1.54) is 22.3 Å². The molecule has 0 fully saturated rings. The Morgan fingerprint density at radius 1 is 0.964 bits per heavy atom. The number of benzene rings is 1. The molecule has 4 nitrogen and oxygen atoms in total. The van der Waals surface area contributed by atoms with Gasteiger partial charge in [-0.3, -0.25) is 9.55 Å². The van der Waals surface area contributed by atoms with Gasteiger partial charge in [0, 0.05) is 18.0 Å². The van der Waals surface area contributed by atoms with Gasteiger partial charge in [-0.25, -0.2) is 0 Å². The van der Waals surface area contributed by atoms with Crippen molar-refractivity contribution in [1.82, 2.24) is 19.7 Å². The number of aryl methyl sites for hydroxylation is 2. The lowest BCUT2D eigenvalue weighted by atomic mass is 9.84. The van der Waals surface area contributed by atoms with Gasteiger partial charge in [0.15, 0.2) is 5.82 Å². The Kier molecular flexibility index (Phi) is 5.18. The van der Waals surface area contributed by atoms with E-state index in [1.807, 2.05) is 18.7 Å². The molecule has 0 saturated heterocycles. The van der Waals surface area contributed by atoms with Crippen LogP contribution >= 0.6 is 0 Å². The van der Waals surface area contributed by atoms with Crippen LogP contribution < -0.4 is 0 Å². The first-order valence-electron chi connectivity index (χ1n) is 9.93. The zero-order chi connectivity index (χ0) is 20.7. The van der Waals surface area contributed by atoms with Gasteiger partial charge in [0.05, 0.1) is 5.69 Å². The fourth-order valence-electron chi connectivity index (χ4n) is 3.95. The van der Waals surface area contributed by atoms with Crippen molar-refractivity contribution in [3.05, 3.63) is 59.2 Å². The molecule has 4 heteroatoms. The highest BCUT2D eigenvalue weighted by atomic mass is 15.3. The third-order valence-corrected chi connectivity index (χ3v) is 4.94. The predicted molar refractivity (Wildman–Crippen MR) is 116 cm³/mol. The minimum absolute atomic E-state index is 0.00426. The lowest BCUT2D eigenvalue weighted by Crippen LogP contribution is -2.14. The molecule has 0 spiro atoms. The summed E-state index contributed by atoms with van der Waals surface area (Å²) in [5.74, 6) is 0.841. The van der Waals surface area contributed by atoms with Crippen LogP contribution in [0.1, 0.15) is 63.8 Å². The van der Waals surface area contributed by atoms with E-state index in [1.54, 1.807) is 0 Å². The Hall–Kier alpha value is -2.49. The topological polar surface area (TPSA) is 43.6 Å². The van der Waals surface area contributed by atoms with Crippen LogP contribution in [0.25, 0.3) is 17.1 Å². The molecular weight excluding hydrogens is 344 g/mol. The molecule has 0 saturated carbocycles. The zero-order valence-corrected chi connectivity index (χ0v) is 18.5. The summed E-state index contributed by atoms with van der Waals surface area (Å²) in [5.41, 5.74) is 7.51. The molecule has 28 heavy (non-hydrogen) atoms. The normalized spacial score (nSPS) is 12.4. The van der Waals surface area contributed by atoms with Gasteiger partial charge in [-0.15, -0.1) is 10.2 Å². The van der Waals surface area contributed by atoms with Crippen molar-refractivity contribution in [2.24, 2.45) is 5.41 Å². The molecule has 0 aliphatic heterocycles. The second-order valence-corrected chi connectivity index (χ2v) is 10.0. The Bertz CT molecular complexity index is 961. The van der Waals surface area contributed by atoms with Crippen LogP contribution in [0.2, 0.25) is 0 Å². The summed E-state index contributed by atoms with van der Waals surface area (Å²) in [4.78, 5) is 4.37. The van der Waals surface area contributed by atoms with Crippen LogP contribution in [0.4, 0.5) is 0 Å². The molecule has 0 aliphatic rings. The lowest BCUT2D eigenvalue weighted by molar-refractivity contribution is 0.411. The van der Waals surface area contributed by atoms with Gasteiger partial charge in [0.2, 0.25) is 0 Å². The summed E-state index contributed by atoms with van der Waals surface area (Å²) in [6.45, 7) is 17.8. The lowest BCUT2D eigenvalue weighted by Gasteiger charge is -2.23. The van der Waals surface area contributed by atoms with Gasteiger partial charge >= 0.3 is 0 Å². The average molecular weight is 377 g/mol. The largest absolute Gasteiger partial charge is 0.281 e. The van der Waals surface area contributed by atoms with Crippen molar-refractivity contribution >= 4 is 0 Å². The molecule has 0 radical (unpaired) electrons. The Morgan fingerprint density at radius 3 is 2.18 bits per heavy atom. The first-order valence-corrected chi connectivity index (χ1v) is 9.93. The molecule has 0 N–H and O–H groups in total. The van der Waals surface area contributed by atoms with Crippen LogP contribution in [0.15, 0.2) is 36.9 Å². The van der Waals surface area contributed by atoms with Crippen molar-refractivity contribution < 1.29 is 0 Å². The number of aromatic nitrogens is 4. The van der Waals surface area contributed by atoms with E-state index >= 15 is 0 Å². The van der Waals surface area contributed by atoms with Crippen molar-refractivity contribution in [3.8, 4) is 17.1 Å². The van der Waals surface area contributed by atoms with Crippen LogP contribution in [0, 0.1) is 19.3 Å². The van der Waals surface area contributed by atoms with Gasteiger partial charge in [-0.1, -0.05) is 53.7 Å². The highest BCUT2D eigenvalue weighted by molar-refractivity contribution is 5.65. The standard InChI is InChI=1S/C24H32N4/c1-16-11-18(13-23(3,4)5)12-17(2)21(16)28-15-26-27-22(28)19-14-25-10-9-20(19)24(6,7)8/h9-12,14-15H,13H2,1-8H3. The van der Waals surface area contributed by atoms with Gasteiger partial charge < -0.3 is 0 Å². The van der Waals surface area contributed by atoms with Crippen LogP contribution in [-0.2, 0) is 11.8 Å². The number of nitrogens with zero attached hydrogens (tertiary/aromatic N) is 4. The summed E-state index contributed by atoms with van der Waals surface area (Å²) < 4.78 is 2.11. The molecule has 0 bridgehead atoms. The quantitative estimate of drug-likeness (QED) is 0.577. The third kappa shape index (κ3) is 4.16. The number of rotatable bonds is 3. The fourth-order valence-corrected chi connectivity index (χ4v) is 3.95. The smallest absolute Gasteiger partial charge is 0.170 e. The highest BCUT2D eigenvalue weighted by Crippen LogP contribution is 2.34. The minimum Gasteiger partial charge on any atom is -0.281 e. The molecule has 0 amide bonds. The van der Waals surface area contributed by atoms with Crippen molar-refractivity contribution in [2.45, 2.75) is 67.2 Å². The maximum Gasteiger partial charge on any atom is 0.170 e. The Morgan fingerprint density at radius 2 is 1.61 bits per heavy atom. The summed E-state index contributed by atoms with van der Waals surface area (Å²) in [5, 5.41) is 8.72. The van der Waals surface area contributed by atoms with E-state index in [0.717, 1.165) is 23.5 Å². The highest BCUT2D eigenvalue weighted by Gasteiger charge is 2.23. The molecule has 148 valence electrons. The predicted octanol–water partition coefficient (Wildman–Crippen LogP) is 5.83. The first-order chi connectivity index (χ1) is 13.0. The number of pyridine rings is 1. The van der Waals surface area contributed by atoms with E-state index in [2.05, 4.69) is 93.3 Å². The van der Waals surface area contributed by atoms with Gasteiger partial charge in [0.1, 0.15) is 6.33 Å². The summed E-state index contributed by atoms with van der Waals surface area (Å²) in [7, 11) is 0. The first kappa shape index (κ1) is 20.2. The van der Waals surface area contributed by atoms with Crippen LogP contribution in [0.3, 0.4) is 0 Å². The molecule has 1 aromatic carbocycles.